The van der Waals surface area contributed by atoms with E-state index in [1.165, 1.54) is 18.5 Å². The van der Waals surface area contributed by atoms with Crippen LogP contribution in [0.3, 0.4) is 0 Å². The summed E-state index contributed by atoms with van der Waals surface area (Å²) in [7, 11) is 4.01. The molecule has 0 aliphatic carbocycles. The van der Waals surface area contributed by atoms with Crippen LogP contribution in [0.1, 0.15) is 28.8 Å². The van der Waals surface area contributed by atoms with Crippen molar-refractivity contribution in [2.24, 2.45) is 0 Å². The smallest absolute Gasteiger partial charge is 0.255 e. The molecule has 4 heteroatoms. The van der Waals surface area contributed by atoms with E-state index in [0.717, 1.165) is 30.0 Å². The lowest BCUT2D eigenvalue weighted by Crippen LogP contribution is -2.17. The maximum absolute atomic E-state index is 12.5. The van der Waals surface area contributed by atoms with E-state index in [1.54, 1.807) is 0 Å². The number of hydrogen-bond donors (Lipinski definition) is 1. The molecule has 1 heterocycles. The Morgan fingerprint density at radius 2 is 1.71 bits per heavy atom. The van der Waals surface area contributed by atoms with E-state index in [-0.39, 0.29) is 5.91 Å². The number of amides is 1. The van der Waals surface area contributed by atoms with Crippen LogP contribution in [0, 0.1) is 6.92 Å². The van der Waals surface area contributed by atoms with Gasteiger partial charge in [0.25, 0.3) is 5.91 Å². The average molecular weight is 323 g/mol. The van der Waals surface area contributed by atoms with Gasteiger partial charge in [-0.2, -0.15) is 0 Å². The predicted octanol–water partition coefficient (Wildman–Crippen LogP) is 3.91. The summed E-state index contributed by atoms with van der Waals surface area (Å²) in [4.78, 5) is 16.9. The first-order chi connectivity index (χ1) is 11.5. The fraction of sp³-hybridized carbons (Fsp3) is 0.350. The lowest BCUT2D eigenvalue weighted by Gasteiger charge is -2.18. The van der Waals surface area contributed by atoms with Crippen LogP contribution in [0.25, 0.3) is 0 Å². The van der Waals surface area contributed by atoms with Crippen LogP contribution in [0.5, 0.6) is 0 Å². The van der Waals surface area contributed by atoms with Crippen molar-refractivity contribution >= 4 is 23.0 Å². The summed E-state index contributed by atoms with van der Waals surface area (Å²) in [5.41, 5.74) is 4.97. The van der Waals surface area contributed by atoms with E-state index in [2.05, 4.69) is 22.3 Å². The number of nitrogens with zero attached hydrogens (tertiary/aromatic N) is 2. The summed E-state index contributed by atoms with van der Waals surface area (Å²) >= 11 is 0. The maximum atomic E-state index is 12.5. The molecule has 2 aromatic carbocycles. The normalized spacial score (nSPS) is 13.9. The Morgan fingerprint density at radius 1 is 1.04 bits per heavy atom. The molecule has 0 unspecified atom stereocenters. The van der Waals surface area contributed by atoms with Gasteiger partial charge in [0.1, 0.15) is 0 Å². The number of aryl methyl sites for hydroxylation is 1. The molecule has 0 aromatic heterocycles. The second-order valence-corrected chi connectivity index (χ2v) is 6.59. The number of nitrogens with one attached hydrogen (secondary N) is 1. The molecule has 1 fully saturated rings. The molecule has 1 aliphatic heterocycles. The van der Waals surface area contributed by atoms with Gasteiger partial charge in [-0.25, -0.2) is 0 Å². The van der Waals surface area contributed by atoms with Crippen molar-refractivity contribution in [2.75, 3.05) is 42.3 Å². The zero-order valence-corrected chi connectivity index (χ0v) is 14.7. The largest absolute Gasteiger partial charge is 0.377 e. The van der Waals surface area contributed by atoms with Crippen LogP contribution in [0.2, 0.25) is 0 Å². The Balaban J connectivity index is 1.69. The lowest BCUT2D eigenvalue weighted by molar-refractivity contribution is 0.102. The molecule has 24 heavy (non-hydrogen) atoms. The molecule has 0 spiro atoms. The number of carbonyl (C=O) groups excluding carboxylic acids is 1. The molecular formula is C20H25N3O. The molecule has 1 aliphatic rings. The van der Waals surface area contributed by atoms with Crippen molar-refractivity contribution in [3.05, 3.63) is 53.6 Å². The SMILES string of the molecule is Cc1cc(C(=O)Nc2ccc(N3CCCC3)cc2)ccc1N(C)C. The van der Waals surface area contributed by atoms with Gasteiger partial charge in [-0.3, -0.25) is 4.79 Å². The van der Waals surface area contributed by atoms with Gasteiger partial charge in [-0.15, -0.1) is 0 Å². The second-order valence-electron chi connectivity index (χ2n) is 6.59. The Morgan fingerprint density at radius 3 is 2.29 bits per heavy atom. The molecule has 2 aromatic rings. The van der Waals surface area contributed by atoms with Crippen LogP contribution in [-0.2, 0) is 0 Å². The highest BCUT2D eigenvalue weighted by molar-refractivity contribution is 6.04. The van der Waals surface area contributed by atoms with E-state index in [4.69, 9.17) is 0 Å². The number of benzene rings is 2. The predicted molar refractivity (Wildman–Crippen MR) is 101 cm³/mol. The highest BCUT2D eigenvalue weighted by Gasteiger charge is 2.13. The van der Waals surface area contributed by atoms with Gasteiger partial charge in [0, 0.05) is 49.8 Å². The van der Waals surface area contributed by atoms with Crippen LogP contribution in [0.15, 0.2) is 42.5 Å². The first-order valence-electron chi connectivity index (χ1n) is 8.49. The van der Waals surface area contributed by atoms with Crippen molar-refractivity contribution in [2.45, 2.75) is 19.8 Å². The first kappa shape index (κ1) is 16.4. The van der Waals surface area contributed by atoms with Crippen LogP contribution >= 0.6 is 0 Å². The fourth-order valence-electron chi connectivity index (χ4n) is 3.23. The van der Waals surface area contributed by atoms with Crippen molar-refractivity contribution in [1.29, 1.82) is 0 Å². The van der Waals surface area contributed by atoms with Crippen molar-refractivity contribution in [3.8, 4) is 0 Å². The summed E-state index contributed by atoms with van der Waals surface area (Å²) < 4.78 is 0. The van der Waals surface area contributed by atoms with E-state index in [9.17, 15) is 4.79 Å². The van der Waals surface area contributed by atoms with Gasteiger partial charge in [0.2, 0.25) is 0 Å². The fourth-order valence-corrected chi connectivity index (χ4v) is 3.23. The van der Waals surface area contributed by atoms with Gasteiger partial charge in [0.05, 0.1) is 0 Å². The summed E-state index contributed by atoms with van der Waals surface area (Å²) in [5.74, 6) is -0.0719. The third-order valence-electron chi connectivity index (χ3n) is 4.54. The molecule has 1 amide bonds. The lowest BCUT2D eigenvalue weighted by atomic mass is 10.1. The van der Waals surface area contributed by atoms with Gasteiger partial charge < -0.3 is 15.1 Å². The molecule has 0 bridgehead atoms. The first-order valence-corrected chi connectivity index (χ1v) is 8.49. The van der Waals surface area contributed by atoms with Crippen molar-refractivity contribution in [1.82, 2.24) is 0 Å². The van der Waals surface area contributed by atoms with Crippen molar-refractivity contribution < 1.29 is 4.79 Å². The Kier molecular flexibility index (Phi) is 4.74. The molecule has 1 saturated heterocycles. The third kappa shape index (κ3) is 3.53. The zero-order chi connectivity index (χ0) is 17.1. The van der Waals surface area contributed by atoms with Crippen molar-refractivity contribution in [3.63, 3.8) is 0 Å². The van der Waals surface area contributed by atoms with E-state index in [1.807, 2.05) is 56.3 Å². The summed E-state index contributed by atoms with van der Waals surface area (Å²) in [5, 5.41) is 2.98. The Hall–Kier alpha value is -2.49. The zero-order valence-electron chi connectivity index (χ0n) is 14.7. The Labute approximate surface area is 144 Å². The van der Waals surface area contributed by atoms with E-state index >= 15 is 0 Å². The molecule has 0 atom stereocenters. The Bertz CT molecular complexity index is 716. The van der Waals surface area contributed by atoms with Crippen LogP contribution < -0.4 is 15.1 Å². The highest BCUT2D eigenvalue weighted by Crippen LogP contribution is 2.23. The standard InChI is InChI=1S/C20H25N3O/c1-15-14-16(6-11-19(15)22(2)3)20(24)21-17-7-9-18(10-8-17)23-12-4-5-13-23/h6-11,14H,4-5,12-13H2,1-3H3,(H,21,24). The third-order valence-corrected chi connectivity index (χ3v) is 4.54. The second kappa shape index (κ2) is 6.95. The molecular weight excluding hydrogens is 298 g/mol. The number of hydrogen-bond acceptors (Lipinski definition) is 3. The minimum absolute atomic E-state index is 0.0719. The minimum Gasteiger partial charge on any atom is -0.377 e. The number of rotatable bonds is 4. The highest BCUT2D eigenvalue weighted by atomic mass is 16.1. The monoisotopic (exact) mass is 323 g/mol. The molecule has 0 radical (unpaired) electrons. The van der Waals surface area contributed by atoms with Gasteiger partial charge in [-0.1, -0.05) is 0 Å². The van der Waals surface area contributed by atoms with Gasteiger partial charge in [-0.05, 0) is 67.8 Å². The number of anilines is 3. The molecule has 3 rings (SSSR count). The molecule has 1 N–H and O–H groups in total. The minimum atomic E-state index is -0.0719. The molecule has 0 saturated carbocycles. The summed E-state index contributed by atoms with van der Waals surface area (Å²) in [6.07, 6.45) is 2.53. The van der Waals surface area contributed by atoms with Crippen LogP contribution in [-0.4, -0.2) is 33.1 Å². The topological polar surface area (TPSA) is 35.6 Å². The summed E-state index contributed by atoms with van der Waals surface area (Å²) in [6, 6.07) is 13.9. The number of carbonyl (C=O) groups is 1. The molecule has 126 valence electrons. The van der Waals surface area contributed by atoms with Gasteiger partial charge >= 0.3 is 0 Å². The average Bonchev–Trinajstić information content (AvgIpc) is 3.09. The van der Waals surface area contributed by atoms with Crippen LogP contribution in [0.4, 0.5) is 17.1 Å². The van der Waals surface area contributed by atoms with E-state index < -0.39 is 0 Å². The summed E-state index contributed by atoms with van der Waals surface area (Å²) in [6.45, 7) is 4.28. The quantitative estimate of drug-likeness (QED) is 0.926. The maximum Gasteiger partial charge on any atom is 0.255 e. The van der Waals surface area contributed by atoms with Gasteiger partial charge in [0.15, 0.2) is 0 Å². The molecule has 4 nitrogen and oxygen atoms in total. The van der Waals surface area contributed by atoms with E-state index in [0.29, 0.717) is 5.56 Å².